The van der Waals surface area contributed by atoms with Crippen molar-refractivity contribution in [2.45, 2.75) is 4.90 Å². The first kappa shape index (κ1) is 18.0. The van der Waals surface area contributed by atoms with E-state index in [1.54, 1.807) is 12.1 Å². The van der Waals surface area contributed by atoms with Gasteiger partial charge >= 0.3 is 51.4 Å². The number of fused-ring (bicyclic) bond motifs is 2. The van der Waals surface area contributed by atoms with Crippen molar-refractivity contribution in [3.8, 4) is 0 Å². The van der Waals surface area contributed by atoms with Crippen molar-refractivity contribution in [3.05, 3.63) is 63.7 Å². The molecule has 0 amide bonds. The van der Waals surface area contributed by atoms with Crippen LogP contribution in [-0.2, 0) is 10.1 Å². The van der Waals surface area contributed by atoms with Crippen LogP contribution in [0.4, 0.5) is 0 Å². The Morgan fingerprint density at radius 2 is 1.32 bits per heavy atom. The molecule has 22 heavy (non-hydrogen) atoms. The van der Waals surface area contributed by atoms with E-state index in [9.17, 15) is 22.6 Å². The summed E-state index contributed by atoms with van der Waals surface area (Å²) in [5.41, 5.74) is 0.268. The second-order valence-corrected chi connectivity index (χ2v) is 6.24. The Kier molecular flexibility index (Phi) is 5.11. The third-order valence-electron chi connectivity index (χ3n) is 3.25. The largest absolute Gasteiger partial charge is 1.00 e. The van der Waals surface area contributed by atoms with Crippen LogP contribution < -0.4 is 51.4 Å². The van der Waals surface area contributed by atoms with E-state index in [1.807, 2.05) is 0 Å². The topological polar surface area (TPSA) is 91.3 Å². The molecule has 0 atom stereocenters. The first-order chi connectivity index (χ1) is 9.80. The predicted octanol–water partition coefficient (Wildman–Crippen LogP) is -0.977. The minimum Gasteiger partial charge on any atom is -0.744 e. The molecule has 0 unspecified atom stereocenters. The van der Waals surface area contributed by atoms with E-state index in [-0.39, 0.29) is 78.7 Å². The summed E-state index contributed by atoms with van der Waals surface area (Å²) in [7, 11) is -4.83. The standard InChI is InChI=1S/C14H7ClO5S.K/c15-11-5-9-10(6-12(11)21(18,19)20)14(17)8-4-2-1-3-7(8)13(9)16;/h1-6H,(H,18,19,20);/q;+1/p-1. The Labute approximate surface area is 173 Å². The number of carbonyl (C=O) groups excluding carboxylic acids is 2. The minimum atomic E-state index is -4.83. The van der Waals surface area contributed by atoms with Crippen molar-refractivity contribution in [2.75, 3.05) is 0 Å². The van der Waals surface area contributed by atoms with E-state index < -0.39 is 26.6 Å². The molecule has 0 N–H and O–H groups in total. The van der Waals surface area contributed by atoms with Crippen molar-refractivity contribution in [1.29, 1.82) is 0 Å². The molecule has 0 bridgehead atoms. The number of benzene rings is 2. The van der Waals surface area contributed by atoms with Crippen LogP contribution in [0.15, 0.2) is 41.3 Å². The fourth-order valence-corrected chi connectivity index (χ4v) is 3.30. The third-order valence-corrected chi connectivity index (χ3v) is 4.55. The predicted molar refractivity (Wildman–Crippen MR) is 72.7 cm³/mol. The van der Waals surface area contributed by atoms with Crippen molar-refractivity contribution >= 4 is 33.3 Å². The van der Waals surface area contributed by atoms with Gasteiger partial charge in [0.1, 0.15) is 10.1 Å². The van der Waals surface area contributed by atoms with E-state index in [2.05, 4.69) is 0 Å². The summed E-state index contributed by atoms with van der Waals surface area (Å²) in [6.07, 6.45) is 0. The van der Waals surface area contributed by atoms with E-state index in [0.717, 1.165) is 12.1 Å². The Balaban J connectivity index is 0.00000176. The maximum atomic E-state index is 12.4. The van der Waals surface area contributed by atoms with Gasteiger partial charge in [-0.1, -0.05) is 35.9 Å². The molecule has 1 aliphatic rings. The van der Waals surface area contributed by atoms with Gasteiger partial charge in [-0.05, 0) is 12.1 Å². The van der Waals surface area contributed by atoms with Gasteiger partial charge in [0.05, 0.1) is 9.92 Å². The molecule has 1 aliphatic carbocycles. The summed E-state index contributed by atoms with van der Waals surface area (Å²) in [6, 6.07) is 8.11. The van der Waals surface area contributed by atoms with Gasteiger partial charge in [-0.2, -0.15) is 0 Å². The molecule has 0 fully saturated rings. The fraction of sp³-hybridized carbons (Fsp3) is 0. The van der Waals surface area contributed by atoms with Crippen LogP contribution in [0, 0.1) is 0 Å². The molecule has 2 aromatic rings. The van der Waals surface area contributed by atoms with Crippen LogP contribution in [-0.4, -0.2) is 24.5 Å². The number of hydrogen-bond donors (Lipinski definition) is 0. The number of rotatable bonds is 1. The van der Waals surface area contributed by atoms with Crippen molar-refractivity contribution in [2.24, 2.45) is 0 Å². The molecule has 0 spiro atoms. The Morgan fingerprint density at radius 1 is 0.864 bits per heavy atom. The monoisotopic (exact) mass is 360 g/mol. The van der Waals surface area contributed by atoms with Crippen molar-refractivity contribution < 1.29 is 73.9 Å². The molecule has 0 saturated carbocycles. The zero-order valence-corrected chi connectivity index (χ0v) is 16.0. The van der Waals surface area contributed by atoms with Crippen LogP contribution in [0.3, 0.4) is 0 Å². The number of halogens is 1. The maximum Gasteiger partial charge on any atom is 1.00 e. The SMILES string of the molecule is O=C1c2ccccc2C(=O)c2cc(S(=O)(=O)[O-])c(Cl)cc21.[K+]. The summed E-state index contributed by atoms with van der Waals surface area (Å²) in [5.74, 6) is -0.946. The summed E-state index contributed by atoms with van der Waals surface area (Å²) in [5, 5.41) is -0.371. The molecule has 3 rings (SSSR count). The quantitative estimate of drug-likeness (QED) is 0.411. The van der Waals surface area contributed by atoms with Gasteiger partial charge < -0.3 is 4.55 Å². The van der Waals surface area contributed by atoms with Crippen LogP contribution in [0.2, 0.25) is 5.02 Å². The normalized spacial score (nSPS) is 13.2. The molecule has 5 nitrogen and oxygen atoms in total. The number of carbonyl (C=O) groups is 2. The average molecular weight is 361 g/mol. The molecule has 0 heterocycles. The number of ketones is 2. The van der Waals surface area contributed by atoms with Gasteiger partial charge in [-0.15, -0.1) is 0 Å². The van der Waals surface area contributed by atoms with Crippen LogP contribution in [0.25, 0.3) is 0 Å². The molecule has 0 aliphatic heterocycles. The Morgan fingerprint density at radius 3 is 1.77 bits per heavy atom. The minimum absolute atomic E-state index is 0. The summed E-state index contributed by atoms with van der Waals surface area (Å²) in [6.45, 7) is 0. The van der Waals surface area contributed by atoms with Gasteiger partial charge in [0.15, 0.2) is 11.6 Å². The summed E-state index contributed by atoms with van der Waals surface area (Å²) in [4.78, 5) is 24.0. The van der Waals surface area contributed by atoms with Gasteiger partial charge in [-0.3, -0.25) is 9.59 Å². The summed E-state index contributed by atoms with van der Waals surface area (Å²) < 4.78 is 33.4. The van der Waals surface area contributed by atoms with E-state index >= 15 is 0 Å². The Bertz CT molecular complexity index is 921. The maximum absolute atomic E-state index is 12.4. The average Bonchev–Trinajstić information content (AvgIpc) is 2.43. The zero-order chi connectivity index (χ0) is 15.4. The smallest absolute Gasteiger partial charge is 0.744 e. The molecular weight excluding hydrogens is 355 g/mol. The van der Waals surface area contributed by atoms with Crippen LogP contribution >= 0.6 is 11.6 Å². The molecular formula is C14H6ClKO5S. The molecule has 106 valence electrons. The molecule has 0 aromatic heterocycles. The molecule has 8 heteroatoms. The Hall–Kier alpha value is -0.384. The van der Waals surface area contributed by atoms with Crippen molar-refractivity contribution in [1.82, 2.24) is 0 Å². The zero-order valence-electron chi connectivity index (χ0n) is 11.3. The van der Waals surface area contributed by atoms with Gasteiger partial charge in [0.2, 0.25) is 0 Å². The van der Waals surface area contributed by atoms with Gasteiger partial charge in [-0.25, -0.2) is 8.42 Å². The van der Waals surface area contributed by atoms with Crippen LogP contribution in [0.5, 0.6) is 0 Å². The first-order valence-corrected chi connectivity index (χ1v) is 7.57. The molecule has 0 radical (unpaired) electrons. The second-order valence-electron chi connectivity index (χ2n) is 4.49. The van der Waals surface area contributed by atoms with Crippen molar-refractivity contribution in [3.63, 3.8) is 0 Å². The van der Waals surface area contributed by atoms with Gasteiger partial charge in [0.25, 0.3) is 0 Å². The third kappa shape index (κ3) is 2.88. The van der Waals surface area contributed by atoms with Gasteiger partial charge in [0, 0.05) is 22.3 Å². The molecule has 2 aromatic carbocycles. The molecule has 0 saturated heterocycles. The fourth-order valence-electron chi connectivity index (χ4n) is 2.29. The summed E-state index contributed by atoms with van der Waals surface area (Å²) >= 11 is 5.74. The number of hydrogen-bond acceptors (Lipinski definition) is 5. The van der Waals surface area contributed by atoms with Crippen LogP contribution in [0.1, 0.15) is 31.8 Å². The van der Waals surface area contributed by atoms with E-state index in [4.69, 9.17) is 11.6 Å². The van der Waals surface area contributed by atoms with E-state index in [1.165, 1.54) is 12.1 Å². The van der Waals surface area contributed by atoms with E-state index in [0.29, 0.717) is 0 Å². The first-order valence-electron chi connectivity index (χ1n) is 5.78. The second kappa shape index (κ2) is 6.25.